The molecule has 1 saturated heterocycles. The maximum absolute atomic E-state index is 13.1. The molecule has 2 heterocycles. The molecular formula is C21H33N3O2. The molecule has 144 valence electrons. The number of hydrogen-bond donors (Lipinski definition) is 1. The highest BCUT2D eigenvalue weighted by molar-refractivity contribution is 5.79. The van der Waals surface area contributed by atoms with Gasteiger partial charge in [0.2, 0.25) is 5.91 Å². The van der Waals surface area contributed by atoms with Gasteiger partial charge in [0, 0.05) is 44.0 Å². The van der Waals surface area contributed by atoms with Crippen LogP contribution in [0.15, 0.2) is 24.5 Å². The van der Waals surface area contributed by atoms with E-state index in [0.717, 1.165) is 37.5 Å². The van der Waals surface area contributed by atoms with E-state index in [1.54, 1.807) is 12.4 Å². The summed E-state index contributed by atoms with van der Waals surface area (Å²) >= 11 is 0. The Morgan fingerprint density at radius 1 is 1.12 bits per heavy atom. The summed E-state index contributed by atoms with van der Waals surface area (Å²) in [5.74, 6) is 0.397. The van der Waals surface area contributed by atoms with Gasteiger partial charge in [0.1, 0.15) is 0 Å². The molecule has 0 radical (unpaired) electrons. The number of carbonyl (C=O) groups is 1. The van der Waals surface area contributed by atoms with E-state index in [1.807, 2.05) is 17.0 Å². The molecular weight excluding hydrogens is 326 g/mol. The fourth-order valence-electron chi connectivity index (χ4n) is 4.45. The lowest BCUT2D eigenvalue weighted by Crippen LogP contribution is -2.46. The molecule has 3 rings (SSSR count). The normalized spacial score (nSPS) is 20.2. The topological polar surface area (TPSA) is 56.7 Å². The number of aliphatic hydroxyl groups excluding tert-OH is 1. The summed E-state index contributed by atoms with van der Waals surface area (Å²) in [4.78, 5) is 21.7. The van der Waals surface area contributed by atoms with Crippen LogP contribution in [0.3, 0.4) is 0 Å². The lowest BCUT2D eigenvalue weighted by atomic mass is 9.89. The first-order chi connectivity index (χ1) is 12.8. The average molecular weight is 360 g/mol. The monoisotopic (exact) mass is 359 g/mol. The van der Waals surface area contributed by atoms with Crippen molar-refractivity contribution >= 4 is 5.91 Å². The maximum Gasteiger partial charge on any atom is 0.226 e. The summed E-state index contributed by atoms with van der Waals surface area (Å²) in [7, 11) is 0. The summed E-state index contributed by atoms with van der Waals surface area (Å²) in [5, 5.41) is 9.20. The second kappa shape index (κ2) is 10.0. The minimum absolute atomic E-state index is 0.125. The number of hydrogen-bond acceptors (Lipinski definition) is 4. The molecule has 1 saturated carbocycles. The summed E-state index contributed by atoms with van der Waals surface area (Å²) in [6, 6.07) is 4.68. The smallest absolute Gasteiger partial charge is 0.226 e. The summed E-state index contributed by atoms with van der Waals surface area (Å²) in [6.45, 7) is 3.49. The highest BCUT2D eigenvalue weighted by Crippen LogP contribution is 2.28. The number of rotatable bonds is 7. The fourth-order valence-corrected chi connectivity index (χ4v) is 4.45. The molecule has 0 spiro atoms. The van der Waals surface area contributed by atoms with Crippen molar-refractivity contribution in [2.75, 3.05) is 26.2 Å². The number of piperidine rings is 1. The first kappa shape index (κ1) is 19.3. The van der Waals surface area contributed by atoms with Crippen molar-refractivity contribution in [1.82, 2.24) is 14.8 Å². The minimum Gasteiger partial charge on any atom is -0.396 e. The number of pyridine rings is 1. The van der Waals surface area contributed by atoms with E-state index >= 15 is 0 Å². The molecule has 5 heteroatoms. The molecule has 5 nitrogen and oxygen atoms in total. The highest BCUT2D eigenvalue weighted by atomic mass is 16.3. The van der Waals surface area contributed by atoms with Gasteiger partial charge < -0.3 is 14.9 Å². The van der Waals surface area contributed by atoms with Gasteiger partial charge in [-0.05, 0) is 62.9 Å². The lowest BCUT2D eigenvalue weighted by Gasteiger charge is -2.40. The van der Waals surface area contributed by atoms with E-state index in [4.69, 9.17) is 0 Å². The van der Waals surface area contributed by atoms with Crippen LogP contribution in [-0.2, 0) is 11.3 Å². The van der Waals surface area contributed by atoms with Crippen LogP contribution in [0.2, 0.25) is 0 Å². The Bertz CT molecular complexity index is 537. The van der Waals surface area contributed by atoms with Crippen molar-refractivity contribution in [3.63, 3.8) is 0 Å². The van der Waals surface area contributed by atoms with Crippen molar-refractivity contribution in [2.24, 2.45) is 5.92 Å². The summed E-state index contributed by atoms with van der Waals surface area (Å²) < 4.78 is 0. The van der Waals surface area contributed by atoms with Gasteiger partial charge in [-0.3, -0.25) is 9.78 Å². The Hall–Kier alpha value is -1.46. The largest absolute Gasteiger partial charge is 0.396 e. The zero-order chi connectivity index (χ0) is 18.2. The van der Waals surface area contributed by atoms with Crippen LogP contribution in [0.1, 0.15) is 56.9 Å². The van der Waals surface area contributed by atoms with Crippen LogP contribution in [0, 0.1) is 5.92 Å². The minimum atomic E-state index is 0.125. The van der Waals surface area contributed by atoms with Gasteiger partial charge in [0.05, 0.1) is 0 Å². The van der Waals surface area contributed by atoms with Gasteiger partial charge in [0.15, 0.2) is 0 Å². The predicted molar refractivity (Wildman–Crippen MR) is 103 cm³/mol. The molecule has 1 aliphatic carbocycles. The van der Waals surface area contributed by atoms with E-state index in [1.165, 1.54) is 32.1 Å². The second-order valence-corrected chi connectivity index (χ2v) is 7.79. The van der Waals surface area contributed by atoms with E-state index in [9.17, 15) is 9.90 Å². The van der Waals surface area contributed by atoms with Gasteiger partial charge in [-0.25, -0.2) is 0 Å². The average Bonchev–Trinajstić information content (AvgIpc) is 2.72. The molecule has 0 aromatic carbocycles. The van der Waals surface area contributed by atoms with Gasteiger partial charge >= 0.3 is 0 Å². The number of amides is 1. The standard InChI is InChI=1S/C21H33N3O2/c25-16-4-13-24(17-18-7-11-22-12-8-18)21(26)19-9-14-23(15-10-19)20-5-2-1-3-6-20/h7-8,11-12,19-20,25H,1-6,9-10,13-17H2. The first-order valence-electron chi connectivity index (χ1n) is 10.3. The Kier molecular flexibility index (Phi) is 7.44. The molecule has 1 aromatic heterocycles. The number of likely N-dealkylation sites (tertiary alicyclic amines) is 1. The number of nitrogens with zero attached hydrogens (tertiary/aromatic N) is 3. The van der Waals surface area contributed by atoms with Crippen LogP contribution in [0.25, 0.3) is 0 Å². The molecule has 1 aliphatic heterocycles. The summed E-state index contributed by atoms with van der Waals surface area (Å²) in [6.07, 6.45) is 12.9. The quantitative estimate of drug-likeness (QED) is 0.813. The fraction of sp³-hybridized carbons (Fsp3) is 0.714. The van der Waals surface area contributed by atoms with Crippen molar-refractivity contribution in [2.45, 2.75) is 64.0 Å². The van der Waals surface area contributed by atoms with Gasteiger partial charge in [-0.15, -0.1) is 0 Å². The van der Waals surface area contributed by atoms with E-state index in [0.29, 0.717) is 19.5 Å². The van der Waals surface area contributed by atoms with E-state index in [2.05, 4.69) is 9.88 Å². The molecule has 2 fully saturated rings. The van der Waals surface area contributed by atoms with Crippen molar-refractivity contribution < 1.29 is 9.90 Å². The Labute approximate surface area is 157 Å². The van der Waals surface area contributed by atoms with Crippen LogP contribution in [-0.4, -0.2) is 58.1 Å². The van der Waals surface area contributed by atoms with Crippen LogP contribution in [0.4, 0.5) is 0 Å². The van der Waals surface area contributed by atoms with Crippen LogP contribution >= 0.6 is 0 Å². The highest BCUT2D eigenvalue weighted by Gasteiger charge is 2.31. The van der Waals surface area contributed by atoms with Crippen molar-refractivity contribution in [3.8, 4) is 0 Å². The van der Waals surface area contributed by atoms with Gasteiger partial charge in [-0.2, -0.15) is 0 Å². The van der Waals surface area contributed by atoms with Crippen LogP contribution in [0.5, 0.6) is 0 Å². The Morgan fingerprint density at radius 2 is 1.81 bits per heavy atom. The Morgan fingerprint density at radius 3 is 2.46 bits per heavy atom. The van der Waals surface area contributed by atoms with Gasteiger partial charge in [-0.1, -0.05) is 19.3 Å². The van der Waals surface area contributed by atoms with Crippen molar-refractivity contribution in [1.29, 1.82) is 0 Å². The molecule has 2 aliphatic rings. The second-order valence-electron chi connectivity index (χ2n) is 7.79. The third-order valence-electron chi connectivity index (χ3n) is 5.99. The number of aromatic nitrogens is 1. The molecule has 0 unspecified atom stereocenters. The van der Waals surface area contributed by atoms with Crippen molar-refractivity contribution in [3.05, 3.63) is 30.1 Å². The predicted octanol–water partition coefficient (Wildman–Crippen LogP) is 2.84. The number of aliphatic hydroxyl groups is 1. The van der Waals surface area contributed by atoms with E-state index < -0.39 is 0 Å². The first-order valence-corrected chi connectivity index (χ1v) is 10.3. The molecule has 26 heavy (non-hydrogen) atoms. The molecule has 1 N–H and O–H groups in total. The van der Waals surface area contributed by atoms with Crippen LogP contribution < -0.4 is 0 Å². The molecule has 1 aromatic rings. The molecule has 0 bridgehead atoms. The molecule has 1 amide bonds. The summed E-state index contributed by atoms with van der Waals surface area (Å²) in [5.41, 5.74) is 1.10. The molecule has 0 atom stereocenters. The third-order valence-corrected chi connectivity index (χ3v) is 5.99. The Balaban J connectivity index is 1.54. The van der Waals surface area contributed by atoms with Gasteiger partial charge in [0.25, 0.3) is 0 Å². The zero-order valence-electron chi connectivity index (χ0n) is 15.9. The SMILES string of the molecule is O=C(C1CCN(C2CCCCC2)CC1)N(CCCO)Cc1ccncc1. The number of carbonyl (C=O) groups excluding carboxylic acids is 1. The third kappa shape index (κ3) is 5.27. The maximum atomic E-state index is 13.1. The van der Waals surface area contributed by atoms with E-state index in [-0.39, 0.29) is 18.4 Å². The zero-order valence-corrected chi connectivity index (χ0v) is 15.9. The lowest BCUT2D eigenvalue weighted by molar-refractivity contribution is -0.138.